The molecule has 0 bridgehead atoms. The van der Waals surface area contributed by atoms with E-state index >= 15 is 0 Å². The average molecular weight is 267 g/mol. The van der Waals surface area contributed by atoms with Gasteiger partial charge in [-0.2, -0.15) is 16.9 Å². The summed E-state index contributed by atoms with van der Waals surface area (Å²) < 4.78 is 1.98. The van der Waals surface area contributed by atoms with Gasteiger partial charge >= 0.3 is 0 Å². The van der Waals surface area contributed by atoms with Crippen molar-refractivity contribution in [2.45, 2.75) is 51.3 Å². The molecular formula is C14H25N3S. The zero-order valence-electron chi connectivity index (χ0n) is 12.0. The van der Waals surface area contributed by atoms with Gasteiger partial charge in [0.25, 0.3) is 0 Å². The van der Waals surface area contributed by atoms with Gasteiger partial charge in [0.1, 0.15) is 0 Å². The topological polar surface area (TPSA) is 29.9 Å². The van der Waals surface area contributed by atoms with Crippen molar-refractivity contribution in [1.29, 1.82) is 0 Å². The third-order valence-electron chi connectivity index (χ3n) is 3.92. The molecule has 0 saturated carbocycles. The number of rotatable bonds is 4. The van der Waals surface area contributed by atoms with E-state index in [-0.39, 0.29) is 0 Å². The predicted octanol–water partition coefficient (Wildman–Crippen LogP) is 2.97. The first-order valence-electron chi connectivity index (χ1n) is 6.94. The van der Waals surface area contributed by atoms with Crippen LogP contribution in [0.4, 0.5) is 0 Å². The molecule has 0 spiro atoms. The highest BCUT2D eigenvalue weighted by atomic mass is 32.2. The Morgan fingerprint density at radius 1 is 1.44 bits per heavy atom. The van der Waals surface area contributed by atoms with Crippen LogP contribution in [0.15, 0.2) is 0 Å². The van der Waals surface area contributed by atoms with Gasteiger partial charge in [-0.15, -0.1) is 0 Å². The second kappa shape index (κ2) is 6.11. The summed E-state index contributed by atoms with van der Waals surface area (Å²) in [6, 6.07) is 0.404. The second-order valence-electron chi connectivity index (χ2n) is 5.33. The van der Waals surface area contributed by atoms with Crippen molar-refractivity contribution in [2.24, 2.45) is 7.05 Å². The molecule has 2 unspecified atom stereocenters. The molecule has 0 radical (unpaired) electrons. The molecule has 0 amide bonds. The van der Waals surface area contributed by atoms with Crippen molar-refractivity contribution in [2.75, 3.05) is 12.3 Å². The summed E-state index contributed by atoms with van der Waals surface area (Å²) in [5.74, 6) is 1.34. The number of hydrogen-bond donors (Lipinski definition) is 1. The molecule has 1 aliphatic rings. The summed E-state index contributed by atoms with van der Waals surface area (Å²) in [5.41, 5.74) is 3.81. The molecule has 1 aliphatic heterocycles. The number of aromatic nitrogens is 2. The molecule has 1 aromatic heterocycles. The number of nitrogens with one attached hydrogen (secondary N) is 1. The van der Waals surface area contributed by atoms with Crippen LogP contribution in [0.1, 0.15) is 49.2 Å². The third kappa shape index (κ3) is 3.09. The van der Waals surface area contributed by atoms with Gasteiger partial charge < -0.3 is 5.32 Å². The highest BCUT2D eigenvalue weighted by Crippen LogP contribution is 2.26. The summed E-state index contributed by atoms with van der Waals surface area (Å²) in [6.07, 6.45) is 4.17. The number of hydrogen-bond acceptors (Lipinski definition) is 3. The predicted molar refractivity (Wildman–Crippen MR) is 79.2 cm³/mol. The van der Waals surface area contributed by atoms with Crippen LogP contribution >= 0.6 is 11.8 Å². The lowest BCUT2D eigenvalue weighted by Gasteiger charge is -2.24. The van der Waals surface area contributed by atoms with E-state index in [1.807, 2.05) is 11.7 Å². The van der Waals surface area contributed by atoms with E-state index in [1.54, 1.807) is 0 Å². The summed E-state index contributed by atoms with van der Waals surface area (Å²) >= 11 is 2.13. The van der Waals surface area contributed by atoms with Crippen LogP contribution in [0.3, 0.4) is 0 Å². The molecule has 1 fully saturated rings. The minimum Gasteiger partial charge on any atom is -0.309 e. The Morgan fingerprint density at radius 3 is 2.78 bits per heavy atom. The molecule has 3 nitrogen and oxygen atoms in total. The molecule has 0 aromatic carbocycles. The monoisotopic (exact) mass is 267 g/mol. The van der Waals surface area contributed by atoms with Crippen LogP contribution < -0.4 is 5.32 Å². The fourth-order valence-electron chi connectivity index (χ4n) is 2.80. The maximum Gasteiger partial charge on any atom is 0.0644 e. The molecule has 102 valence electrons. The lowest BCUT2D eigenvalue weighted by molar-refractivity contribution is 0.535. The maximum atomic E-state index is 4.50. The van der Waals surface area contributed by atoms with E-state index in [4.69, 9.17) is 0 Å². The molecule has 1 N–H and O–H groups in total. The molecule has 2 heterocycles. The minimum atomic E-state index is 0.404. The van der Waals surface area contributed by atoms with Gasteiger partial charge in [0, 0.05) is 36.1 Å². The van der Waals surface area contributed by atoms with Crippen molar-refractivity contribution in [3.63, 3.8) is 0 Å². The largest absolute Gasteiger partial charge is 0.309 e. The normalized spacial score (nSPS) is 22.1. The fraction of sp³-hybridized carbons (Fsp3) is 0.786. The molecule has 1 saturated heterocycles. The van der Waals surface area contributed by atoms with E-state index in [2.05, 4.69) is 42.9 Å². The van der Waals surface area contributed by atoms with E-state index in [0.717, 1.165) is 17.5 Å². The smallest absolute Gasteiger partial charge is 0.0644 e. The van der Waals surface area contributed by atoms with E-state index < -0.39 is 0 Å². The molecule has 18 heavy (non-hydrogen) atoms. The number of thioether (sulfide) groups is 1. The average Bonchev–Trinajstić information content (AvgIpc) is 2.62. The van der Waals surface area contributed by atoms with Crippen LogP contribution in [0.2, 0.25) is 0 Å². The van der Waals surface area contributed by atoms with E-state index in [1.165, 1.54) is 36.3 Å². The lowest BCUT2D eigenvalue weighted by Crippen LogP contribution is -2.29. The zero-order valence-corrected chi connectivity index (χ0v) is 12.8. The van der Waals surface area contributed by atoms with Crippen molar-refractivity contribution in [3.8, 4) is 0 Å². The van der Waals surface area contributed by atoms with E-state index in [0.29, 0.717) is 6.04 Å². The first kappa shape index (κ1) is 13.9. The summed E-state index contributed by atoms with van der Waals surface area (Å²) in [6.45, 7) is 7.64. The van der Waals surface area contributed by atoms with Crippen LogP contribution in [-0.4, -0.2) is 27.3 Å². The Hall–Kier alpha value is -0.480. The van der Waals surface area contributed by atoms with Crippen molar-refractivity contribution in [1.82, 2.24) is 15.1 Å². The van der Waals surface area contributed by atoms with Crippen LogP contribution in [0.5, 0.6) is 0 Å². The standard InChI is InChI=1S/C14H25N3S/c1-10(14-11(2)16-17(4)12(14)3)15-9-13-7-5-6-8-18-13/h10,13,15H,5-9H2,1-4H3. The van der Waals surface area contributed by atoms with Gasteiger partial charge in [-0.05, 0) is 39.4 Å². The van der Waals surface area contributed by atoms with Crippen molar-refractivity contribution in [3.05, 3.63) is 17.0 Å². The summed E-state index contributed by atoms with van der Waals surface area (Å²) in [5, 5.41) is 8.99. The van der Waals surface area contributed by atoms with Gasteiger partial charge in [-0.1, -0.05) is 6.42 Å². The molecule has 1 aromatic rings. The van der Waals surface area contributed by atoms with Crippen LogP contribution in [0, 0.1) is 13.8 Å². The van der Waals surface area contributed by atoms with Gasteiger partial charge in [-0.25, -0.2) is 0 Å². The van der Waals surface area contributed by atoms with Gasteiger partial charge in [0.15, 0.2) is 0 Å². The SMILES string of the molecule is Cc1nn(C)c(C)c1C(C)NCC1CCCCS1. The highest BCUT2D eigenvalue weighted by molar-refractivity contribution is 7.99. The van der Waals surface area contributed by atoms with Gasteiger partial charge in [0.05, 0.1) is 5.69 Å². The summed E-state index contributed by atoms with van der Waals surface area (Å²) in [4.78, 5) is 0. The quantitative estimate of drug-likeness (QED) is 0.909. The summed E-state index contributed by atoms with van der Waals surface area (Å²) in [7, 11) is 2.02. The second-order valence-corrected chi connectivity index (χ2v) is 6.73. The zero-order chi connectivity index (χ0) is 13.1. The first-order valence-corrected chi connectivity index (χ1v) is 7.99. The highest BCUT2D eigenvalue weighted by Gasteiger charge is 2.18. The lowest BCUT2D eigenvalue weighted by atomic mass is 10.1. The fourth-order valence-corrected chi connectivity index (χ4v) is 4.05. The van der Waals surface area contributed by atoms with Gasteiger partial charge in [0.2, 0.25) is 0 Å². The Morgan fingerprint density at radius 2 is 2.22 bits per heavy atom. The Kier molecular flexibility index (Phi) is 4.73. The Bertz CT molecular complexity index is 394. The first-order chi connectivity index (χ1) is 8.59. The maximum absolute atomic E-state index is 4.50. The molecule has 0 aliphatic carbocycles. The molecule has 2 atom stereocenters. The van der Waals surface area contributed by atoms with Crippen LogP contribution in [-0.2, 0) is 7.05 Å². The van der Waals surface area contributed by atoms with Crippen LogP contribution in [0.25, 0.3) is 0 Å². The number of aryl methyl sites for hydroxylation is 2. The van der Waals surface area contributed by atoms with Gasteiger partial charge in [-0.3, -0.25) is 4.68 Å². The number of nitrogens with zero attached hydrogens (tertiary/aromatic N) is 2. The Balaban J connectivity index is 1.92. The van der Waals surface area contributed by atoms with Crippen molar-refractivity contribution >= 4 is 11.8 Å². The minimum absolute atomic E-state index is 0.404. The third-order valence-corrected chi connectivity index (χ3v) is 5.32. The molecular weight excluding hydrogens is 242 g/mol. The van der Waals surface area contributed by atoms with E-state index in [9.17, 15) is 0 Å². The molecule has 2 rings (SSSR count). The molecule has 4 heteroatoms. The van der Waals surface area contributed by atoms with Crippen molar-refractivity contribution < 1.29 is 0 Å². The Labute approximate surface area is 115 Å².